The maximum absolute atomic E-state index is 6.13. The Morgan fingerprint density at radius 1 is 1.12 bits per heavy atom. The highest BCUT2D eigenvalue weighted by molar-refractivity contribution is 7.80. The van der Waals surface area contributed by atoms with Gasteiger partial charge in [-0.25, -0.2) is 0 Å². The smallest absolute Gasteiger partial charge is 0.258 e. The monoisotopic (exact) mass is 492 g/mol. The van der Waals surface area contributed by atoms with Gasteiger partial charge in [-0.05, 0) is 73.2 Å². The molecule has 2 aromatic heterocycles. The van der Waals surface area contributed by atoms with Gasteiger partial charge in [-0.15, -0.1) is 0 Å². The van der Waals surface area contributed by atoms with Gasteiger partial charge in [0.2, 0.25) is 5.82 Å². The van der Waals surface area contributed by atoms with Crippen LogP contribution in [-0.4, -0.2) is 27.3 Å². The van der Waals surface area contributed by atoms with Gasteiger partial charge in [0.25, 0.3) is 5.89 Å². The quantitative estimate of drug-likeness (QED) is 0.336. The van der Waals surface area contributed by atoms with Gasteiger partial charge in [-0.2, -0.15) is 4.98 Å². The van der Waals surface area contributed by atoms with E-state index in [0.717, 1.165) is 33.9 Å². The lowest BCUT2D eigenvalue weighted by atomic mass is 9.95. The minimum absolute atomic E-state index is 0.290. The number of hydrogen-bond acceptors (Lipinski definition) is 6. The van der Waals surface area contributed by atoms with E-state index >= 15 is 0 Å². The number of allylic oxidation sites excluding steroid dienone is 1. The molecule has 5 rings (SSSR count). The summed E-state index contributed by atoms with van der Waals surface area (Å²) in [5, 5.41) is 8.89. The first kappa shape index (κ1) is 22.2. The summed E-state index contributed by atoms with van der Waals surface area (Å²) in [7, 11) is 1.63. The van der Waals surface area contributed by atoms with Crippen LogP contribution in [0.1, 0.15) is 30.2 Å². The van der Waals surface area contributed by atoms with Crippen molar-refractivity contribution in [1.29, 1.82) is 0 Å². The molecule has 2 aromatic carbocycles. The zero-order chi connectivity index (χ0) is 23.7. The fourth-order valence-electron chi connectivity index (χ4n) is 3.90. The van der Waals surface area contributed by atoms with Crippen LogP contribution in [0.2, 0.25) is 5.02 Å². The Morgan fingerprint density at radius 2 is 1.88 bits per heavy atom. The Hall–Kier alpha value is -3.62. The standard InChI is InChI=1S/C25H21ClN4O3S/c1-15-21(24-28-23(29-33-24)17-7-11-19(31-2)12-8-17)22(16-5-9-18(26)10-6-16)27-25(34)30(15)14-20-4-3-13-32-20/h3-13,22H,14H2,1-2H3,(H,27,34). The predicted octanol–water partition coefficient (Wildman–Crippen LogP) is 5.85. The zero-order valence-electron chi connectivity index (χ0n) is 18.5. The molecule has 0 saturated carbocycles. The number of aromatic nitrogens is 2. The van der Waals surface area contributed by atoms with Crippen molar-refractivity contribution in [3.8, 4) is 17.1 Å². The molecule has 0 saturated heterocycles. The third kappa shape index (κ3) is 4.30. The van der Waals surface area contributed by atoms with Crippen LogP contribution in [0.15, 0.2) is 81.6 Å². The molecule has 7 nitrogen and oxygen atoms in total. The number of furan rings is 1. The van der Waals surface area contributed by atoms with Crippen LogP contribution in [0.5, 0.6) is 5.75 Å². The second kappa shape index (κ2) is 9.32. The van der Waals surface area contributed by atoms with Crippen LogP contribution >= 0.6 is 23.8 Å². The Morgan fingerprint density at radius 3 is 2.56 bits per heavy atom. The fraction of sp³-hybridized carbons (Fsp3) is 0.160. The van der Waals surface area contributed by atoms with Crippen molar-refractivity contribution in [2.75, 3.05) is 7.11 Å². The van der Waals surface area contributed by atoms with Crippen molar-refractivity contribution in [3.63, 3.8) is 0 Å². The molecule has 0 spiro atoms. The van der Waals surface area contributed by atoms with Crippen molar-refractivity contribution in [3.05, 3.63) is 94.9 Å². The molecule has 1 unspecified atom stereocenters. The van der Waals surface area contributed by atoms with E-state index in [4.69, 9.17) is 42.5 Å². The van der Waals surface area contributed by atoms with Crippen molar-refractivity contribution in [2.45, 2.75) is 19.5 Å². The molecule has 1 aliphatic rings. The topological polar surface area (TPSA) is 76.6 Å². The van der Waals surface area contributed by atoms with E-state index in [1.807, 2.05) is 72.5 Å². The normalized spacial score (nSPS) is 16.0. The molecule has 172 valence electrons. The number of nitrogens with one attached hydrogen (secondary N) is 1. The highest BCUT2D eigenvalue weighted by atomic mass is 35.5. The fourth-order valence-corrected chi connectivity index (χ4v) is 4.35. The Balaban J connectivity index is 1.58. The van der Waals surface area contributed by atoms with Gasteiger partial charge in [-0.1, -0.05) is 28.9 Å². The van der Waals surface area contributed by atoms with E-state index in [9.17, 15) is 0 Å². The average Bonchev–Trinajstić information content (AvgIpc) is 3.54. The molecule has 9 heteroatoms. The van der Waals surface area contributed by atoms with Gasteiger partial charge < -0.3 is 23.9 Å². The van der Waals surface area contributed by atoms with Crippen molar-refractivity contribution >= 4 is 34.5 Å². The van der Waals surface area contributed by atoms with Gasteiger partial charge >= 0.3 is 0 Å². The Bertz CT molecular complexity index is 1330. The first-order chi connectivity index (χ1) is 16.5. The highest BCUT2D eigenvalue weighted by Gasteiger charge is 2.34. The SMILES string of the molecule is COc1ccc(-c2noc(C3=C(C)N(Cc4ccco4)C(=S)NC3c3ccc(Cl)cc3)n2)cc1. The van der Waals surface area contributed by atoms with Gasteiger partial charge in [0.1, 0.15) is 11.5 Å². The number of methoxy groups -OCH3 is 1. The molecule has 0 radical (unpaired) electrons. The van der Waals surface area contributed by atoms with E-state index in [1.165, 1.54) is 0 Å². The molecule has 1 N–H and O–H groups in total. The van der Waals surface area contributed by atoms with E-state index in [2.05, 4.69) is 10.5 Å². The minimum Gasteiger partial charge on any atom is -0.497 e. The third-order valence-electron chi connectivity index (χ3n) is 5.70. The number of benzene rings is 2. The molecule has 0 bridgehead atoms. The maximum Gasteiger partial charge on any atom is 0.258 e. The molecule has 0 aliphatic carbocycles. The number of rotatable bonds is 6. The van der Waals surface area contributed by atoms with E-state index in [0.29, 0.717) is 28.4 Å². The Kier molecular flexibility index (Phi) is 6.08. The number of halogens is 1. The van der Waals surface area contributed by atoms with E-state index in [1.54, 1.807) is 13.4 Å². The molecule has 3 heterocycles. The highest BCUT2D eigenvalue weighted by Crippen LogP contribution is 2.38. The van der Waals surface area contributed by atoms with Crippen LogP contribution < -0.4 is 10.1 Å². The second-order valence-electron chi connectivity index (χ2n) is 7.75. The van der Waals surface area contributed by atoms with Gasteiger partial charge in [0.15, 0.2) is 5.11 Å². The second-order valence-corrected chi connectivity index (χ2v) is 8.57. The van der Waals surface area contributed by atoms with Gasteiger partial charge in [0, 0.05) is 16.3 Å². The largest absolute Gasteiger partial charge is 0.497 e. The van der Waals surface area contributed by atoms with E-state index in [-0.39, 0.29) is 6.04 Å². The predicted molar refractivity (Wildman–Crippen MR) is 133 cm³/mol. The number of thiocarbonyl (C=S) groups is 1. The molecule has 0 fully saturated rings. The van der Waals surface area contributed by atoms with Gasteiger partial charge in [-0.3, -0.25) is 0 Å². The minimum atomic E-state index is -0.290. The molecular formula is C25H21ClN4O3S. The van der Waals surface area contributed by atoms with E-state index < -0.39 is 0 Å². The zero-order valence-corrected chi connectivity index (χ0v) is 20.1. The first-order valence-electron chi connectivity index (χ1n) is 10.6. The summed E-state index contributed by atoms with van der Waals surface area (Å²) in [5.74, 6) is 2.44. The lowest BCUT2D eigenvalue weighted by Gasteiger charge is -2.37. The van der Waals surface area contributed by atoms with Crippen molar-refractivity contribution < 1.29 is 13.7 Å². The Labute approximate surface area is 207 Å². The van der Waals surface area contributed by atoms with Crippen LogP contribution in [0.25, 0.3) is 17.0 Å². The van der Waals surface area contributed by atoms with Gasteiger partial charge in [0.05, 0.1) is 31.5 Å². The number of hydrogen-bond donors (Lipinski definition) is 1. The molecule has 4 aromatic rings. The summed E-state index contributed by atoms with van der Waals surface area (Å²) >= 11 is 11.9. The number of nitrogens with zero attached hydrogens (tertiary/aromatic N) is 3. The molecule has 1 aliphatic heterocycles. The average molecular weight is 493 g/mol. The lowest BCUT2D eigenvalue weighted by Crippen LogP contribution is -2.45. The van der Waals surface area contributed by atoms with Crippen molar-refractivity contribution in [2.24, 2.45) is 0 Å². The summed E-state index contributed by atoms with van der Waals surface area (Å²) in [6, 6.07) is 18.6. The summed E-state index contributed by atoms with van der Waals surface area (Å²) in [6.45, 7) is 2.46. The number of ether oxygens (including phenoxy) is 1. The first-order valence-corrected chi connectivity index (χ1v) is 11.4. The lowest BCUT2D eigenvalue weighted by molar-refractivity contribution is 0.382. The summed E-state index contributed by atoms with van der Waals surface area (Å²) in [6.07, 6.45) is 1.64. The molecule has 1 atom stereocenters. The van der Waals surface area contributed by atoms with Crippen LogP contribution in [-0.2, 0) is 6.54 Å². The third-order valence-corrected chi connectivity index (χ3v) is 6.29. The summed E-state index contributed by atoms with van der Waals surface area (Å²) < 4.78 is 16.6. The van der Waals surface area contributed by atoms with Crippen LogP contribution in [0, 0.1) is 0 Å². The van der Waals surface area contributed by atoms with Crippen LogP contribution in [0.3, 0.4) is 0 Å². The maximum atomic E-state index is 6.13. The van der Waals surface area contributed by atoms with Crippen molar-refractivity contribution in [1.82, 2.24) is 20.4 Å². The molecule has 0 amide bonds. The summed E-state index contributed by atoms with van der Waals surface area (Å²) in [4.78, 5) is 6.69. The summed E-state index contributed by atoms with van der Waals surface area (Å²) in [5.41, 5.74) is 3.52. The van der Waals surface area contributed by atoms with Crippen LogP contribution in [0.4, 0.5) is 0 Å². The molecule has 34 heavy (non-hydrogen) atoms. The molecular weight excluding hydrogens is 472 g/mol.